The average Bonchev–Trinajstić information content (AvgIpc) is 2.50. The zero-order valence-electron chi connectivity index (χ0n) is 8.09. The van der Waals surface area contributed by atoms with Crippen LogP contribution in [0.2, 0.25) is 0 Å². The van der Waals surface area contributed by atoms with Crippen LogP contribution < -0.4 is 0 Å². The molecule has 2 N–H and O–H groups in total. The molecule has 0 saturated carbocycles. The van der Waals surface area contributed by atoms with Gasteiger partial charge in [0.1, 0.15) is 5.60 Å². The van der Waals surface area contributed by atoms with Crippen LogP contribution in [-0.4, -0.2) is 34.5 Å². The number of carbonyl (C=O) groups is 1. The highest BCUT2D eigenvalue weighted by atomic mass is 16.6. The van der Waals surface area contributed by atoms with Crippen molar-refractivity contribution in [1.29, 1.82) is 0 Å². The van der Waals surface area contributed by atoms with E-state index in [1.807, 2.05) is 0 Å². The van der Waals surface area contributed by atoms with Gasteiger partial charge >= 0.3 is 0 Å². The van der Waals surface area contributed by atoms with Gasteiger partial charge in [-0.1, -0.05) is 18.7 Å². The Morgan fingerprint density at radius 2 is 2.40 bits per heavy atom. The van der Waals surface area contributed by atoms with Gasteiger partial charge in [0.15, 0.2) is 12.1 Å². The number of fused-ring (bicyclic) bond motifs is 1. The molecule has 1 saturated heterocycles. The number of ether oxygens (including phenoxy) is 1. The van der Waals surface area contributed by atoms with Gasteiger partial charge < -0.3 is 14.9 Å². The molecule has 1 fully saturated rings. The lowest BCUT2D eigenvalue weighted by Crippen LogP contribution is -2.49. The third-order valence-electron chi connectivity index (χ3n) is 2.72. The number of aliphatic hydroxyl groups is 2. The highest BCUT2D eigenvalue weighted by Crippen LogP contribution is 2.38. The molecule has 0 bridgehead atoms. The Morgan fingerprint density at radius 1 is 1.67 bits per heavy atom. The summed E-state index contributed by atoms with van der Waals surface area (Å²) in [6.45, 7) is 3.42. The minimum absolute atomic E-state index is 0.0739. The molecule has 0 amide bonds. The van der Waals surface area contributed by atoms with Crippen molar-refractivity contribution in [3.63, 3.8) is 0 Å². The number of ketones is 1. The van der Waals surface area contributed by atoms with Crippen molar-refractivity contribution < 1.29 is 19.7 Å². The second-order valence-electron chi connectivity index (χ2n) is 3.73. The van der Waals surface area contributed by atoms with Crippen molar-refractivity contribution in [1.82, 2.24) is 0 Å². The molecule has 1 aliphatic heterocycles. The van der Waals surface area contributed by atoms with Crippen LogP contribution in [0.15, 0.2) is 36.5 Å². The second-order valence-corrected chi connectivity index (χ2v) is 3.73. The first-order chi connectivity index (χ1) is 7.08. The molecule has 1 aliphatic carbocycles. The minimum Gasteiger partial charge on any atom is -0.382 e. The van der Waals surface area contributed by atoms with E-state index in [-0.39, 0.29) is 12.4 Å². The quantitative estimate of drug-likeness (QED) is 0.633. The number of aliphatic hydroxyl groups excluding tert-OH is 1. The van der Waals surface area contributed by atoms with E-state index in [0.717, 1.165) is 0 Å². The molecule has 4 nitrogen and oxygen atoms in total. The third-order valence-corrected chi connectivity index (χ3v) is 2.72. The first kappa shape index (κ1) is 10.3. The van der Waals surface area contributed by atoms with Gasteiger partial charge in [-0.3, -0.25) is 4.79 Å². The Morgan fingerprint density at radius 3 is 3.07 bits per heavy atom. The summed E-state index contributed by atoms with van der Waals surface area (Å²) in [5, 5.41) is 19.6. The molecule has 80 valence electrons. The molecule has 0 aromatic carbocycles. The maximum absolute atomic E-state index is 11.6. The lowest BCUT2D eigenvalue weighted by molar-refractivity contribution is -0.166. The van der Waals surface area contributed by atoms with Crippen molar-refractivity contribution in [3.05, 3.63) is 36.5 Å². The SMILES string of the molecule is C=CC=C1C(O)OCC2(O)C=CC(=O)C12. The van der Waals surface area contributed by atoms with Crippen molar-refractivity contribution in [3.8, 4) is 0 Å². The van der Waals surface area contributed by atoms with Crippen molar-refractivity contribution in [2.75, 3.05) is 6.61 Å². The fourth-order valence-corrected chi connectivity index (χ4v) is 2.02. The molecule has 2 rings (SSSR count). The molecular formula is C11H12O4. The predicted molar refractivity (Wildman–Crippen MR) is 52.8 cm³/mol. The number of hydrogen-bond acceptors (Lipinski definition) is 4. The van der Waals surface area contributed by atoms with Gasteiger partial charge in [0.25, 0.3) is 0 Å². The molecule has 0 aromatic heterocycles. The summed E-state index contributed by atoms with van der Waals surface area (Å²) in [4.78, 5) is 11.6. The lowest BCUT2D eigenvalue weighted by atomic mass is 9.81. The van der Waals surface area contributed by atoms with Crippen LogP contribution in [-0.2, 0) is 9.53 Å². The van der Waals surface area contributed by atoms with Gasteiger partial charge in [-0.25, -0.2) is 0 Å². The molecule has 3 unspecified atom stereocenters. The maximum Gasteiger partial charge on any atom is 0.178 e. The van der Waals surface area contributed by atoms with Crippen LogP contribution in [0.3, 0.4) is 0 Å². The number of allylic oxidation sites excluding steroid dienone is 3. The van der Waals surface area contributed by atoms with E-state index >= 15 is 0 Å². The minimum atomic E-state index is -1.31. The summed E-state index contributed by atoms with van der Waals surface area (Å²) < 4.78 is 4.99. The van der Waals surface area contributed by atoms with Gasteiger partial charge in [-0.05, 0) is 17.7 Å². The van der Waals surface area contributed by atoms with Crippen molar-refractivity contribution in [2.45, 2.75) is 11.9 Å². The van der Waals surface area contributed by atoms with Crippen molar-refractivity contribution in [2.24, 2.45) is 5.92 Å². The van der Waals surface area contributed by atoms with Crippen LogP contribution >= 0.6 is 0 Å². The summed E-state index contributed by atoms with van der Waals surface area (Å²) in [6, 6.07) is 0. The van der Waals surface area contributed by atoms with Gasteiger partial charge in [0.05, 0.1) is 12.5 Å². The first-order valence-corrected chi connectivity index (χ1v) is 4.66. The van der Waals surface area contributed by atoms with Crippen LogP contribution in [0.5, 0.6) is 0 Å². The molecule has 0 radical (unpaired) electrons. The van der Waals surface area contributed by atoms with Gasteiger partial charge in [-0.15, -0.1) is 0 Å². The van der Waals surface area contributed by atoms with Crippen LogP contribution in [0.4, 0.5) is 0 Å². The summed E-state index contributed by atoms with van der Waals surface area (Å²) in [5.41, 5.74) is -0.959. The highest BCUT2D eigenvalue weighted by Gasteiger charge is 2.50. The van der Waals surface area contributed by atoms with Crippen LogP contribution in [0, 0.1) is 5.92 Å². The summed E-state index contributed by atoms with van der Waals surface area (Å²) >= 11 is 0. The van der Waals surface area contributed by atoms with E-state index in [2.05, 4.69) is 6.58 Å². The van der Waals surface area contributed by atoms with E-state index in [1.165, 1.54) is 24.3 Å². The standard InChI is InChI=1S/C11H12O4/c1-2-3-7-9-8(12)4-5-11(9,14)6-15-10(7)13/h2-5,9-10,13-14H,1,6H2. The predicted octanol–water partition coefficient (Wildman–Crippen LogP) is -0.0664. The molecule has 15 heavy (non-hydrogen) atoms. The van der Waals surface area contributed by atoms with Crippen molar-refractivity contribution >= 4 is 5.78 Å². The Labute approximate surface area is 87.2 Å². The molecule has 0 spiro atoms. The highest BCUT2D eigenvalue weighted by molar-refractivity contribution is 5.98. The van der Waals surface area contributed by atoms with E-state index in [0.29, 0.717) is 5.57 Å². The number of carbonyl (C=O) groups excluding carboxylic acids is 1. The molecule has 2 aliphatic rings. The molecule has 4 heteroatoms. The normalized spacial score (nSPS) is 42.0. The molecule has 1 heterocycles. The molecular weight excluding hydrogens is 196 g/mol. The number of rotatable bonds is 1. The monoisotopic (exact) mass is 208 g/mol. The summed E-state index contributed by atoms with van der Waals surface area (Å²) in [7, 11) is 0. The number of hydrogen-bond donors (Lipinski definition) is 2. The smallest absolute Gasteiger partial charge is 0.178 e. The van der Waals surface area contributed by atoms with Gasteiger partial charge in [0, 0.05) is 0 Å². The zero-order chi connectivity index (χ0) is 11.1. The largest absolute Gasteiger partial charge is 0.382 e. The zero-order valence-corrected chi connectivity index (χ0v) is 8.09. The van der Waals surface area contributed by atoms with E-state index in [4.69, 9.17) is 4.74 Å². The van der Waals surface area contributed by atoms with E-state index in [9.17, 15) is 15.0 Å². The summed E-state index contributed by atoms with van der Waals surface area (Å²) in [5.74, 6) is -0.952. The van der Waals surface area contributed by atoms with Gasteiger partial charge in [-0.2, -0.15) is 0 Å². The van der Waals surface area contributed by atoms with E-state index in [1.54, 1.807) is 0 Å². The third kappa shape index (κ3) is 1.47. The Balaban J connectivity index is 2.42. The van der Waals surface area contributed by atoms with Crippen LogP contribution in [0.25, 0.3) is 0 Å². The fraction of sp³-hybridized carbons (Fsp3) is 0.364. The Kier molecular flexibility index (Phi) is 2.34. The Hall–Kier alpha value is -1.23. The summed E-state index contributed by atoms with van der Waals surface area (Å²) in [6.07, 6.45) is 4.56. The lowest BCUT2D eigenvalue weighted by Gasteiger charge is -2.37. The first-order valence-electron chi connectivity index (χ1n) is 4.66. The van der Waals surface area contributed by atoms with Crippen LogP contribution in [0.1, 0.15) is 0 Å². The van der Waals surface area contributed by atoms with E-state index < -0.39 is 17.8 Å². The molecule has 0 aromatic rings. The Bertz CT molecular complexity index is 369. The second kappa shape index (κ2) is 3.41. The maximum atomic E-state index is 11.6. The van der Waals surface area contributed by atoms with Gasteiger partial charge in [0.2, 0.25) is 0 Å². The fourth-order valence-electron chi connectivity index (χ4n) is 2.02. The topological polar surface area (TPSA) is 66.8 Å². The molecule has 3 atom stereocenters. The average molecular weight is 208 g/mol.